The van der Waals surface area contributed by atoms with Gasteiger partial charge >= 0.3 is 11.7 Å². The maximum atomic E-state index is 11.6. The van der Waals surface area contributed by atoms with Crippen molar-refractivity contribution in [3.8, 4) is 0 Å². The number of aromatic amines is 2. The van der Waals surface area contributed by atoms with Gasteiger partial charge in [0.15, 0.2) is 5.03 Å². The Bertz CT molecular complexity index is 526. The quantitative estimate of drug-likeness (QED) is 0.396. The molecule has 0 unspecified atom stereocenters. The Hall–Kier alpha value is -1.61. The lowest BCUT2D eigenvalue weighted by Crippen LogP contribution is -2.27. The van der Waals surface area contributed by atoms with Crippen LogP contribution < -0.4 is 11.2 Å². The van der Waals surface area contributed by atoms with Crippen LogP contribution in [-0.2, 0) is 14.3 Å². The summed E-state index contributed by atoms with van der Waals surface area (Å²) in [5.41, 5.74) is -1.33. The third-order valence-electron chi connectivity index (χ3n) is 1.98. The standard InChI is InChI=1S/C10H15N3O5S/c1-3-17-4-5-18-9(15)6(2)19-8-7(14)11-10(16)13-12-8/h6H,3-5H2,1-2H3,(H2,11,13,14,16)/t6-/m1/s1. The van der Waals surface area contributed by atoms with Crippen molar-refractivity contribution < 1.29 is 14.3 Å². The molecule has 0 aromatic carbocycles. The SMILES string of the molecule is CCOCCOC(=O)[C@@H](C)Sc1n[nH]c(=O)[nH]c1=O. The molecule has 0 bridgehead atoms. The molecular formula is C10H15N3O5S. The molecule has 0 spiro atoms. The van der Waals surface area contributed by atoms with Crippen LogP contribution in [0.1, 0.15) is 13.8 Å². The molecule has 2 N–H and O–H groups in total. The van der Waals surface area contributed by atoms with E-state index in [1.807, 2.05) is 11.9 Å². The summed E-state index contributed by atoms with van der Waals surface area (Å²) in [6.45, 7) is 4.47. The molecule has 9 heteroatoms. The van der Waals surface area contributed by atoms with Gasteiger partial charge in [0.05, 0.1) is 6.61 Å². The first kappa shape index (κ1) is 15.4. The number of nitrogens with one attached hydrogen (secondary N) is 2. The zero-order valence-electron chi connectivity index (χ0n) is 10.6. The van der Waals surface area contributed by atoms with E-state index in [2.05, 4.69) is 10.2 Å². The average molecular weight is 289 g/mol. The Labute approximate surface area is 112 Å². The van der Waals surface area contributed by atoms with Gasteiger partial charge in [-0.3, -0.25) is 14.6 Å². The number of esters is 1. The van der Waals surface area contributed by atoms with Crippen molar-refractivity contribution >= 4 is 17.7 Å². The van der Waals surface area contributed by atoms with Crippen LogP contribution >= 0.6 is 11.8 Å². The highest BCUT2D eigenvalue weighted by molar-refractivity contribution is 8.00. The highest BCUT2D eigenvalue weighted by Gasteiger charge is 2.18. The summed E-state index contributed by atoms with van der Waals surface area (Å²) in [7, 11) is 0. The van der Waals surface area contributed by atoms with Crippen molar-refractivity contribution in [1.82, 2.24) is 15.2 Å². The van der Waals surface area contributed by atoms with E-state index in [1.54, 1.807) is 6.92 Å². The molecule has 0 aliphatic carbocycles. The molecule has 0 saturated heterocycles. The van der Waals surface area contributed by atoms with Gasteiger partial charge in [-0.25, -0.2) is 9.89 Å². The largest absolute Gasteiger partial charge is 0.462 e. The Morgan fingerprint density at radius 3 is 2.79 bits per heavy atom. The first-order chi connectivity index (χ1) is 9.04. The van der Waals surface area contributed by atoms with E-state index in [9.17, 15) is 14.4 Å². The van der Waals surface area contributed by atoms with Crippen molar-refractivity contribution in [1.29, 1.82) is 0 Å². The summed E-state index contributed by atoms with van der Waals surface area (Å²) in [5.74, 6) is -0.475. The topological polar surface area (TPSA) is 114 Å². The van der Waals surface area contributed by atoms with Crippen molar-refractivity contribution in [3.05, 3.63) is 20.8 Å². The van der Waals surface area contributed by atoms with E-state index >= 15 is 0 Å². The summed E-state index contributed by atoms with van der Waals surface area (Å²) in [4.78, 5) is 35.7. The molecule has 0 aliphatic rings. The molecule has 1 heterocycles. The zero-order chi connectivity index (χ0) is 14.3. The number of hydrogen-bond donors (Lipinski definition) is 2. The minimum Gasteiger partial charge on any atom is -0.462 e. The third-order valence-corrected chi connectivity index (χ3v) is 3.02. The molecule has 8 nitrogen and oxygen atoms in total. The molecule has 0 saturated carbocycles. The van der Waals surface area contributed by atoms with Crippen LogP contribution in [0.2, 0.25) is 0 Å². The van der Waals surface area contributed by atoms with E-state index in [0.29, 0.717) is 13.2 Å². The predicted octanol–water partition coefficient (Wildman–Crippen LogP) is -0.481. The fourth-order valence-corrected chi connectivity index (χ4v) is 1.85. The van der Waals surface area contributed by atoms with Crippen molar-refractivity contribution in [2.75, 3.05) is 19.8 Å². The maximum absolute atomic E-state index is 11.6. The zero-order valence-corrected chi connectivity index (χ0v) is 11.4. The van der Waals surface area contributed by atoms with Crippen LogP contribution in [0.15, 0.2) is 14.6 Å². The number of rotatable bonds is 7. The lowest BCUT2D eigenvalue weighted by Gasteiger charge is -2.09. The average Bonchev–Trinajstić information content (AvgIpc) is 2.37. The minimum absolute atomic E-state index is 0.00820. The molecule has 106 valence electrons. The van der Waals surface area contributed by atoms with E-state index < -0.39 is 22.5 Å². The van der Waals surface area contributed by atoms with Crippen LogP contribution in [0.25, 0.3) is 0 Å². The van der Waals surface area contributed by atoms with E-state index in [4.69, 9.17) is 9.47 Å². The molecule has 0 aliphatic heterocycles. The molecule has 19 heavy (non-hydrogen) atoms. The van der Waals surface area contributed by atoms with E-state index in [-0.39, 0.29) is 11.6 Å². The monoisotopic (exact) mass is 289 g/mol. The van der Waals surface area contributed by atoms with Crippen LogP contribution in [0, 0.1) is 0 Å². The maximum Gasteiger partial charge on any atom is 0.342 e. The van der Waals surface area contributed by atoms with Crippen molar-refractivity contribution in [2.24, 2.45) is 0 Å². The van der Waals surface area contributed by atoms with Gasteiger partial charge in [-0.15, -0.1) is 0 Å². The van der Waals surface area contributed by atoms with Crippen LogP contribution in [0.4, 0.5) is 0 Å². The fourth-order valence-electron chi connectivity index (χ4n) is 1.10. The first-order valence-corrected chi connectivity index (χ1v) is 6.52. The second kappa shape index (κ2) is 7.74. The third kappa shape index (κ3) is 5.26. The number of ether oxygens (including phenoxy) is 2. The van der Waals surface area contributed by atoms with Crippen molar-refractivity contribution in [2.45, 2.75) is 24.1 Å². The molecule has 0 fully saturated rings. The number of carbonyl (C=O) groups excluding carboxylic acids is 1. The lowest BCUT2D eigenvalue weighted by molar-refractivity contribution is -0.144. The highest BCUT2D eigenvalue weighted by Crippen LogP contribution is 2.17. The van der Waals surface area contributed by atoms with Crippen LogP contribution in [0.3, 0.4) is 0 Å². The number of H-pyrrole nitrogens is 2. The van der Waals surface area contributed by atoms with Gasteiger partial charge in [0.2, 0.25) is 0 Å². The predicted molar refractivity (Wildman–Crippen MR) is 68.2 cm³/mol. The molecular weight excluding hydrogens is 274 g/mol. The molecule has 1 aromatic heterocycles. The second-order valence-corrected chi connectivity index (χ2v) is 4.77. The summed E-state index contributed by atoms with van der Waals surface area (Å²) < 4.78 is 9.97. The van der Waals surface area contributed by atoms with E-state index in [0.717, 1.165) is 11.8 Å². The van der Waals surface area contributed by atoms with Crippen LogP contribution in [-0.4, -0.2) is 46.2 Å². The number of carbonyl (C=O) groups is 1. The number of aromatic nitrogens is 3. The molecule has 0 amide bonds. The van der Waals surface area contributed by atoms with Gasteiger partial charge in [-0.1, -0.05) is 11.8 Å². The van der Waals surface area contributed by atoms with Crippen LogP contribution in [0.5, 0.6) is 0 Å². The Morgan fingerprint density at radius 2 is 2.16 bits per heavy atom. The number of hydrogen-bond acceptors (Lipinski definition) is 7. The Kier molecular flexibility index (Phi) is 6.30. The molecule has 1 atom stereocenters. The number of nitrogens with zero attached hydrogens (tertiary/aromatic N) is 1. The number of thioether (sulfide) groups is 1. The van der Waals surface area contributed by atoms with Gasteiger partial charge in [0.25, 0.3) is 5.56 Å². The van der Waals surface area contributed by atoms with Gasteiger partial charge in [0.1, 0.15) is 11.9 Å². The van der Waals surface area contributed by atoms with Gasteiger partial charge in [-0.05, 0) is 13.8 Å². The molecule has 0 radical (unpaired) electrons. The fraction of sp³-hybridized carbons (Fsp3) is 0.600. The van der Waals surface area contributed by atoms with Gasteiger partial charge in [-0.2, -0.15) is 5.10 Å². The molecule has 1 rings (SSSR count). The summed E-state index contributed by atoms with van der Waals surface area (Å²) in [5, 5.41) is 5.05. The summed E-state index contributed by atoms with van der Waals surface area (Å²) in [6.07, 6.45) is 0. The van der Waals surface area contributed by atoms with Crippen molar-refractivity contribution in [3.63, 3.8) is 0 Å². The Balaban J connectivity index is 2.49. The normalized spacial score (nSPS) is 12.1. The highest BCUT2D eigenvalue weighted by atomic mass is 32.2. The first-order valence-electron chi connectivity index (χ1n) is 5.64. The summed E-state index contributed by atoms with van der Waals surface area (Å²) in [6, 6.07) is 0. The summed E-state index contributed by atoms with van der Waals surface area (Å²) >= 11 is 0.910. The van der Waals surface area contributed by atoms with E-state index in [1.165, 1.54) is 0 Å². The smallest absolute Gasteiger partial charge is 0.342 e. The lowest BCUT2D eigenvalue weighted by atomic mass is 10.5. The van der Waals surface area contributed by atoms with Gasteiger partial charge < -0.3 is 9.47 Å². The second-order valence-electron chi connectivity index (χ2n) is 3.44. The minimum atomic E-state index is -0.693. The molecule has 1 aromatic rings. The Morgan fingerprint density at radius 1 is 1.42 bits per heavy atom. The van der Waals surface area contributed by atoms with Gasteiger partial charge in [0, 0.05) is 6.61 Å².